The molecule has 0 saturated heterocycles. The van der Waals surface area contributed by atoms with Crippen molar-refractivity contribution in [3.05, 3.63) is 0 Å². The van der Waals surface area contributed by atoms with Crippen molar-refractivity contribution in [3.63, 3.8) is 0 Å². The Morgan fingerprint density at radius 1 is 1.38 bits per heavy atom. The maximum absolute atomic E-state index is 11.3. The number of Topliss-reactive ketones (excluding diaryl/α,β-unsaturated/α-hetero) is 1. The molecule has 0 fully saturated rings. The number of carboxylic acids is 1. The van der Waals surface area contributed by atoms with E-state index in [0.29, 0.717) is 0 Å². The third-order valence-corrected chi connectivity index (χ3v) is 1.84. The van der Waals surface area contributed by atoms with Crippen molar-refractivity contribution in [3.8, 4) is 0 Å². The molecule has 0 radical (unpaired) electrons. The molecule has 0 bridgehead atoms. The summed E-state index contributed by atoms with van der Waals surface area (Å²) < 4.78 is 0. The Morgan fingerprint density at radius 2 is 1.85 bits per heavy atom. The molecule has 76 valence electrons. The molecule has 0 aromatic carbocycles. The van der Waals surface area contributed by atoms with Gasteiger partial charge in [0.15, 0.2) is 0 Å². The van der Waals surface area contributed by atoms with E-state index in [4.69, 9.17) is 10.8 Å². The highest BCUT2D eigenvalue weighted by Crippen LogP contribution is 2.17. The molecule has 13 heavy (non-hydrogen) atoms. The van der Waals surface area contributed by atoms with Gasteiger partial charge in [-0.3, -0.25) is 9.59 Å². The van der Waals surface area contributed by atoms with Gasteiger partial charge in [-0.1, -0.05) is 20.8 Å². The van der Waals surface area contributed by atoms with E-state index in [1.54, 1.807) is 0 Å². The first-order valence-corrected chi connectivity index (χ1v) is 4.27. The zero-order chi connectivity index (χ0) is 10.6. The third-order valence-electron chi connectivity index (χ3n) is 1.84. The second kappa shape index (κ2) is 4.37. The number of hydrogen-bond donors (Lipinski definition) is 2. The third kappa shape index (κ3) is 4.62. The van der Waals surface area contributed by atoms with Gasteiger partial charge < -0.3 is 10.8 Å². The predicted octanol–water partition coefficient (Wildman–Crippen LogP) is 0.794. The van der Waals surface area contributed by atoms with Gasteiger partial charge in [-0.15, -0.1) is 0 Å². The van der Waals surface area contributed by atoms with E-state index in [-0.39, 0.29) is 18.6 Å². The fourth-order valence-corrected chi connectivity index (χ4v) is 0.785. The summed E-state index contributed by atoms with van der Waals surface area (Å²) in [6.07, 6.45) is 0.447. The summed E-state index contributed by atoms with van der Waals surface area (Å²) >= 11 is 0. The number of carbonyl (C=O) groups excluding carboxylic acids is 1. The normalized spacial score (nSPS) is 13.8. The molecule has 0 rings (SSSR count). The fraction of sp³-hybridized carbons (Fsp3) is 0.778. The highest BCUT2D eigenvalue weighted by molar-refractivity contribution is 5.84. The van der Waals surface area contributed by atoms with Crippen molar-refractivity contribution >= 4 is 11.8 Å². The van der Waals surface area contributed by atoms with Gasteiger partial charge in [0, 0.05) is 11.8 Å². The quantitative estimate of drug-likeness (QED) is 0.682. The second-order valence-corrected chi connectivity index (χ2v) is 4.16. The number of hydrogen-bond acceptors (Lipinski definition) is 3. The highest BCUT2D eigenvalue weighted by atomic mass is 16.4. The molecule has 0 amide bonds. The number of nitrogens with two attached hydrogens (primary N) is 1. The van der Waals surface area contributed by atoms with E-state index < -0.39 is 17.4 Å². The van der Waals surface area contributed by atoms with Crippen molar-refractivity contribution in [2.24, 2.45) is 11.1 Å². The van der Waals surface area contributed by atoms with Crippen molar-refractivity contribution in [2.45, 2.75) is 39.7 Å². The van der Waals surface area contributed by atoms with Crippen molar-refractivity contribution in [2.75, 3.05) is 0 Å². The van der Waals surface area contributed by atoms with E-state index >= 15 is 0 Å². The molecule has 0 aromatic heterocycles. The molecule has 0 aliphatic carbocycles. The summed E-state index contributed by atoms with van der Waals surface area (Å²) in [6.45, 7) is 5.42. The minimum atomic E-state index is -1.05. The Labute approximate surface area is 78.1 Å². The Balaban J connectivity index is 3.91. The molecule has 0 aliphatic heterocycles. The number of rotatable bonds is 4. The van der Waals surface area contributed by atoms with E-state index in [0.717, 1.165) is 0 Å². The lowest BCUT2D eigenvalue weighted by Gasteiger charge is -2.16. The van der Waals surface area contributed by atoms with Crippen LogP contribution >= 0.6 is 0 Å². The minimum absolute atomic E-state index is 0.0456. The molecule has 4 nitrogen and oxygen atoms in total. The molecule has 0 aromatic rings. The number of carbonyl (C=O) groups is 2. The van der Waals surface area contributed by atoms with Crippen LogP contribution in [0.1, 0.15) is 33.6 Å². The van der Waals surface area contributed by atoms with E-state index in [1.165, 1.54) is 0 Å². The van der Waals surface area contributed by atoms with Gasteiger partial charge in [0.05, 0.1) is 0 Å². The van der Waals surface area contributed by atoms with Crippen molar-refractivity contribution in [1.82, 2.24) is 0 Å². The maximum Gasteiger partial charge on any atom is 0.320 e. The molecule has 0 saturated carbocycles. The number of carboxylic acid groups (broad SMARTS) is 1. The summed E-state index contributed by atoms with van der Waals surface area (Å²) in [6, 6.07) is -0.925. The fourth-order valence-electron chi connectivity index (χ4n) is 0.785. The predicted molar refractivity (Wildman–Crippen MR) is 49.3 cm³/mol. The van der Waals surface area contributed by atoms with Gasteiger partial charge in [-0.2, -0.15) is 0 Å². The van der Waals surface area contributed by atoms with E-state index in [1.807, 2.05) is 20.8 Å². The summed E-state index contributed by atoms with van der Waals surface area (Å²) in [5.74, 6) is -1.01. The topological polar surface area (TPSA) is 80.4 Å². The number of ketones is 1. The standard InChI is InChI=1S/C9H17NO3/c1-9(2,3)7(11)5-4-6(10)8(12)13/h6H,4-5,10H2,1-3H3,(H,12,13)/t6-/m0/s1. The Hall–Kier alpha value is -0.900. The van der Waals surface area contributed by atoms with Crippen LogP contribution in [0.25, 0.3) is 0 Å². The Kier molecular flexibility index (Phi) is 4.07. The van der Waals surface area contributed by atoms with Crippen molar-refractivity contribution in [1.29, 1.82) is 0 Å². The Morgan fingerprint density at radius 3 is 2.15 bits per heavy atom. The lowest BCUT2D eigenvalue weighted by molar-refractivity contribution is -0.138. The molecule has 0 heterocycles. The lowest BCUT2D eigenvalue weighted by Crippen LogP contribution is -2.32. The van der Waals surface area contributed by atoms with Gasteiger partial charge in [-0.05, 0) is 6.42 Å². The number of aliphatic carboxylic acids is 1. The molecular weight excluding hydrogens is 170 g/mol. The van der Waals surface area contributed by atoms with Crippen LogP contribution in [0.15, 0.2) is 0 Å². The summed E-state index contributed by atoms with van der Waals surface area (Å²) in [7, 11) is 0. The molecule has 4 heteroatoms. The SMILES string of the molecule is CC(C)(C)C(=O)CC[C@H](N)C(=O)O. The van der Waals surface area contributed by atoms with Crippen LogP contribution in [0.5, 0.6) is 0 Å². The Bertz CT molecular complexity index is 205. The molecular formula is C9H17NO3. The van der Waals surface area contributed by atoms with Crippen LogP contribution < -0.4 is 5.73 Å². The second-order valence-electron chi connectivity index (χ2n) is 4.16. The first-order chi connectivity index (χ1) is 5.75. The largest absolute Gasteiger partial charge is 0.480 e. The van der Waals surface area contributed by atoms with E-state index in [9.17, 15) is 9.59 Å². The first kappa shape index (κ1) is 12.1. The van der Waals surface area contributed by atoms with Crippen LogP contribution in [0.4, 0.5) is 0 Å². The van der Waals surface area contributed by atoms with E-state index in [2.05, 4.69) is 0 Å². The van der Waals surface area contributed by atoms with Crippen LogP contribution in [0.2, 0.25) is 0 Å². The van der Waals surface area contributed by atoms with Crippen LogP contribution in [0.3, 0.4) is 0 Å². The molecule has 3 N–H and O–H groups in total. The summed E-state index contributed by atoms with van der Waals surface area (Å²) in [5.41, 5.74) is 4.85. The monoisotopic (exact) mass is 187 g/mol. The van der Waals surface area contributed by atoms with Gasteiger partial charge >= 0.3 is 5.97 Å². The lowest BCUT2D eigenvalue weighted by atomic mass is 9.87. The summed E-state index contributed by atoms with van der Waals surface area (Å²) in [4.78, 5) is 21.7. The highest BCUT2D eigenvalue weighted by Gasteiger charge is 2.22. The van der Waals surface area contributed by atoms with Crippen LogP contribution in [0, 0.1) is 5.41 Å². The molecule has 0 aliphatic rings. The zero-order valence-corrected chi connectivity index (χ0v) is 8.33. The van der Waals surface area contributed by atoms with Gasteiger partial charge in [0.25, 0.3) is 0 Å². The maximum atomic E-state index is 11.3. The summed E-state index contributed by atoms with van der Waals surface area (Å²) in [5, 5.41) is 8.46. The van der Waals surface area contributed by atoms with Crippen LogP contribution in [-0.4, -0.2) is 22.9 Å². The van der Waals surface area contributed by atoms with Gasteiger partial charge in [0.2, 0.25) is 0 Å². The average Bonchev–Trinajstić information content (AvgIpc) is 1.97. The first-order valence-electron chi connectivity index (χ1n) is 4.27. The van der Waals surface area contributed by atoms with Gasteiger partial charge in [-0.25, -0.2) is 0 Å². The average molecular weight is 187 g/mol. The van der Waals surface area contributed by atoms with Crippen molar-refractivity contribution < 1.29 is 14.7 Å². The minimum Gasteiger partial charge on any atom is -0.480 e. The molecule has 1 atom stereocenters. The molecule has 0 spiro atoms. The van der Waals surface area contributed by atoms with Crippen LogP contribution in [-0.2, 0) is 9.59 Å². The molecule has 0 unspecified atom stereocenters. The van der Waals surface area contributed by atoms with Gasteiger partial charge in [0.1, 0.15) is 11.8 Å². The smallest absolute Gasteiger partial charge is 0.320 e. The zero-order valence-electron chi connectivity index (χ0n) is 8.33.